The molecule has 2 saturated heterocycles. The van der Waals surface area contributed by atoms with Gasteiger partial charge in [0.05, 0.1) is 11.6 Å². The van der Waals surface area contributed by atoms with Crippen molar-refractivity contribution < 1.29 is 9.59 Å². The summed E-state index contributed by atoms with van der Waals surface area (Å²) in [6.07, 6.45) is 3.64. The number of amides is 2. The maximum Gasteiger partial charge on any atom is 0.252 e. The van der Waals surface area contributed by atoms with Gasteiger partial charge in [-0.05, 0) is 37.1 Å². The van der Waals surface area contributed by atoms with Crippen molar-refractivity contribution >= 4 is 17.6 Å². The maximum atomic E-state index is 13.2. The predicted molar refractivity (Wildman–Crippen MR) is 111 cm³/mol. The first-order valence-corrected chi connectivity index (χ1v) is 10.2. The Morgan fingerprint density at radius 1 is 1.00 bits per heavy atom. The number of rotatable bonds is 5. The van der Waals surface area contributed by atoms with Crippen molar-refractivity contribution in [1.82, 2.24) is 14.8 Å². The van der Waals surface area contributed by atoms with Crippen LogP contribution in [-0.2, 0) is 11.3 Å². The van der Waals surface area contributed by atoms with Gasteiger partial charge in [0.15, 0.2) is 0 Å². The monoisotopic (exact) mass is 393 g/mol. The third-order valence-electron chi connectivity index (χ3n) is 5.82. The second-order valence-electron chi connectivity index (χ2n) is 7.67. The number of carbonyl (C=O) groups is 2. The fourth-order valence-corrected chi connectivity index (χ4v) is 4.30. The van der Waals surface area contributed by atoms with Crippen LogP contribution in [0.2, 0.25) is 0 Å². The average molecular weight is 393 g/mol. The number of likely N-dealkylation sites (tertiary alicyclic amines) is 1. The molecule has 7 nitrogen and oxygen atoms in total. The van der Waals surface area contributed by atoms with Gasteiger partial charge in [-0.3, -0.25) is 14.5 Å². The number of pyridine rings is 1. The molecule has 2 aliphatic heterocycles. The topological polar surface area (TPSA) is 82.8 Å². The van der Waals surface area contributed by atoms with E-state index in [1.807, 2.05) is 28.0 Å². The molecule has 2 amide bonds. The van der Waals surface area contributed by atoms with Gasteiger partial charge in [-0.1, -0.05) is 30.3 Å². The first-order valence-electron chi connectivity index (χ1n) is 10.2. The largest absolute Gasteiger partial charge is 0.365 e. The molecule has 0 aliphatic carbocycles. The summed E-state index contributed by atoms with van der Waals surface area (Å²) in [4.78, 5) is 35.5. The average Bonchev–Trinajstić information content (AvgIpc) is 3.22. The molecule has 29 heavy (non-hydrogen) atoms. The number of hydrogen-bond acceptors (Lipinski definition) is 5. The van der Waals surface area contributed by atoms with Crippen molar-refractivity contribution in [3.63, 3.8) is 0 Å². The minimum absolute atomic E-state index is 0.0437. The third-order valence-corrected chi connectivity index (χ3v) is 5.82. The van der Waals surface area contributed by atoms with E-state index >= 15 is 0 Å². The van der Waals surface area contributed by atoms with Crippen molar-refractivity contribution in [2.45, 2.75) is 25.4 Å². The molecule has 2 aliphatic rings. The van der Waals surface area contributed by atoms with E-state index in [0.29, 0.717) is 37.6 Å². The highest BCUT2D eigenvalue weighted by Gasteiger charge is 2.35. The molecule has 4 rings (SSSR count). The smallest absolute Gasteiger partial charge is 0.252 e. The lowest BCUT2D eigenvalue weighted by atomic mass is 10.1. The number of benzene rings is 1. The number of nitrogens with zero attached hydrogens (tertiary/aromatic N) is 4. The Kier molecular flexibility index (Phi) is 5.76. The van der Waals surface area contributed by atoms with Gasteiger partial charge in [0, 0.05) is 38.9 Å². The number of nitrogens with two attached hydrogens (primary N) is 1. The van der Waals surface area contributed by atoms with E-state index < -0.39 is 5.91 Å². The minimum Gasteiger partial charge on any atom is -0.365 e. The van der Waals surface area contributed by atoms with Crippen molar-refractivity contribution in [3.05, 3.63) is 59.8 Å². The van der Waals surface area contributed by atoms with Gasteiger partial charge in [-0.2, -0.15) is 0 Å². The zero-order valence-corrected chi connectivity index (χ0v) is 16.5. The van der Waals surface area contributed by atoms with E-state index in [0.717, 1.165) is 25.9 Å². The normalized spacial score (nSPS) is 20.1. The molecule has 2 fully saturated rings. The molecule has 0 bridgehead atoms. The van der Waals surface area contributed by atoms with E-state index in [1.54, 1.807) is 18.3 Å². The lowest BCUT2D eigenvalue weighted by Crippen LogP contribution is -2.54. The number of piperazine rings is 1. The van der Waals surface area contributed by atoms with Crippen LogP contribution in [0.3, 0.4) is 0 Å². The van der Waals surface area contributed by atoms with E-state index in [2.05, 4.69) is 22.0 Å². The Bertz CT molecular complexity index is 865. The Labute approximate surface area is 171 Å². The van der Waals surface area contributed by atoms with Crippen LogP contribution >= 0.6 is 0 Å². The van der Waals surface area contributed by atoms with Crippen molar-refractivity contribution in [2.75, 3.05) is 37.6 Å². The minimum atomic E-state index is -0.478. The summed E-state index contributed by atoms with van der Waals surface area (Å²) in [5.41, 5.74) is 7.15. The Balaban J connectivity index is 1.38. The van der Waals surface area contributed by atoms with Crippen LogP contribution in [0.15, 0.2) is 48.7 Å². The van der Waals surface area contributed by atoms with Crippen LogP contribution in [0.4, 0.5) is 5.82 Å². The van der Waals surface area contributed by atoms with Crippen molar-refractivity contribution in [1.29, 1.82) is 0 Å². The fourth-order valence-electron chi connectivity index (χ4n) is 4.30. The van der Waals surface area contributed by atoms with Crippen LogP contribution in [0, 0.1) is 0 Å². The third kappa shape index (κ3) is 4.24. The van der Waals surface area contributed by atoms with E-state index in [1.165, 1.54) is 5.56 Å². The van der Waals surface area contributed by atoms with Gasteiger partial charge >= 0.3 is 0 Å². The summed E-state index contributed by atoms with van der Waals surface area (Å²) in [5.74, 6) is 0.349. The molecule has 0 radical (unpaired) electrons. The number of anilines is 1. The lowest BCUT2D eigenvalue weighted by Gasteiger charge is -2.38. The molecule has 152 valence electrons. The summed E-state index contributed by atoms with van der Waals surface area (Å²) in [6.45, 7) is 4.32. The lowest BCUT2D eigenvalue weighted by molar-refractivity contribution is -0.136. The second-order valence-corrected chi connectivity index (χ2v) is 7.67. The molecule has 1 unspecified atom stereocenters. The molecule has 7 heteroatoms. The van der Waals surface area contributed by atoms with Crippen molar-refractivity contribution in [3.8, 4) is 0 Å². The fraction of sp³-hybridized carbons (Fsp3) is 0.409. The van der Waals surface area contributed by atoms with Gasteiger partial charge in [-0.25, -0.2) is 4.98 Å². The van der Waals surface area contributed by atoms with Gasteiger partial charge < -0.3 is 15.5 Å². The summed E-state index contributed by atoms with van der Waals surface area (Å²) in [6, 6.07) is 13.7. The Hall–Kier alpha value is -2.93. The van der Waals surface area contributed by atoms with Crippen LogP contribution in [-0.4, -0.2) is 65.4 Å². The second kappa shape index (κ2) is 8.61. The summed E-state index contributed by atoms with van der Waals surface area (Å²) >= 11 is 0. The van der Waals surface area contributed by atoms with E-state index in [4.69, 9.17) is 5.73 Å². The highest BCUT2D eigenvalue weighted by atomic mass is 16.2. The molecule has 2 N–H and O–H groups in total. The van der Waals surface area contributed by atoms with Gasteiger partial charge in [-0.15, -0.1) is 0 Å². The molecular weight excluding hydrogens is 366 g/mol. The van der Waals surface area contributed by atoms with Gasteiger partial charge in [0.2, 0.25) is 5.91 Å². The summed E-state index contributed by atoms with van der Waals surface area (Å²) in [5, 5.41) is 0. The molecule has 1 aromatic heterocycles. The Morgan fingerprint density at radius 2 is 1.76 bits per heavy atom. The molecule has 1 aromatic carbocycles. The zero-order valence-electron chi connectivity index (χ0n) is 16.5. The number of carbonyl (C=O) groups excluding carboxylic acids is 2. The van der Waals surface area contributed by atoms with Crippen LogP contribution in [0.25, 0.3) is 0 Å². The van der Waals surface area contributed by atoms with Crippen LogP contribution < -0.4 is 10.6 Å². The number of hydrogen-bond donors (Lipinski definition) is 1. The highest BCUT2D eigenvalue weighted by Crippen LogP contribution is 2.24. The van der Waals surface area contributed by atoms with Crippen LogP contribution in [0.5, 0.6) is 0 Å². The quantitative estimate of drug-likeness (QED) is 0.832. The summed E-state index contributed by atoms with van der Waals surface area (Å²) < 4.78 is 0. The SMILES string of the molecule is NC(=O)c1cccnc1N1CCN(C(=O)C2CCCN2Cc2ccccc2)CC1. The van der Waals surface area contributed by atoms with Gasteiger partial charge in [0.1, 0.15) is 5.82 Å². The molecule has 2 aromatic rings. The highest BCUT2D eigenvalue weighted by molar-refractivity contribution is 5.97. The molecule has 1 atom stereocenters. The molecule has 0 saturated carbocycles. The molecule has 0 spiro atoms. The standard InChI is InChI=1S/C22H27N5O2/c23-20(28)18-8-4-10-24-21(18)25-12-14-26(15-13-25)22(29)19-9-5-11-27(19)16-17-6-2-1-3-7-17/h1-4,6-8,10,19H,5,9,11-16H2,(H2,23,28). The Morgan fingerprint density at radius 3 is 2.48 bits per heavy atom. The van der Waals surface area contributed by atoms with Crippen LogP contribution in [0.1, 0.15) is 28.8 Å². The number of primary amides is 1. The van der Waals surface area contributed by atoms with Gasteiger partial charge in [0.25, 0.3) is 5.91 Å². The maximum absolute atomic E-state index is 13.2. The van der Waals surface area contributed by atoms with E-state index in [-0.39, 0.29) is 11.9 Å². The molecular formula is C22H27N5O2. The van der Waals surface area contributed by atoms with Crippen molar-refractivity contribution in [2.24, 2.45) is 5.73 Å². The first-order chi connectivity index (χ1) is 14.1. The molecule has 3 heterocycles. The first kappa shape index (κ1) is 19.4. The predicted octanol–water partition coefficient (Wildman–Crippen LogP) is 1.49. The zero-order chi connectivity index (χ0) is 20.2. The summed E-state index contributed by atoms with van der Waals surface area (Å²) in [7, 11) is 0. The number of aromatic nitrogens is 1. The van der Waals surface area contributed by atoms with E-state index in [9.17, 15) is 9.59 Å².